The first-order valence-corrected chi connectivity index (χ1v) is 15.5. The number of nitrogens with zero attached hydrogens (tertiary/aromatic N) is 1. The summed E-state index contributed by atoms with van der Waals surface area (Å²) in [6.45, 7) is 5.20. The molecule has 2 aliphatic carbocycles. The third-order valence-corrected chi connectivity index (χ3v) is 10.2. The molecule has 0 spiro atoms. The number of rotatable bonds is 10. The summed E-state index contributed by atoms with van der Waals surface area (Å²) in [5.74, 6) is -2.09. The molecule has 1 aromatic carbocycles. The van der Waals surface area contributed by atoms with E-state index in [0.29, 0.717) is 25.2 Å². The molecule has 4 N–H and O–H groups in total. The smallest absolute Gasteiger partial charge is 0.268 e. The number of hydrogen-bond donors (Lipinski definition) is 4. The Kier molecular flexibility index (Phi) is 7.53. The highest BCUT2D eigenvalue weighted by Gasteiger charge is 2.70. The average Bonchev–Trinajstić information content (AvgIpc) is 3.76. The highest BCUT2D eigenvalue weighted by molar-refractivity contribution is 6.28. The van der Waals surface area contributed by atoms with Gasteiger partial charge in [0.2, 0.25) is 17.7 Å². The minimum atomic E-state index is -0.914. The predicted molar refractivity (Wildman–Crippen MR) is 157 cm³/mol. The van der Waals surface area contributed by atoms with E-state index in [2.05, 4.69) is 34.8 Å². The lowest BCUT2D eigenvalue weighted by molar-refractivity contribution is -0.143. The maximum Gasteiger partial charge on any atom is 0.268 e. The molecule has 4 fully saturated rings. The molecule has 1 aromatic heterocycles. The summed E-state index contributed by atoms with van der Waals surface area (Å²) in [6, 6.07) is 6.93. The van der Waals surface area contributed by atoms with Crippen molar-refractivity contribution < 1.29 is 24.0 Å². The summed E-state index contributed by atoms with van der Waals surface area (Å²) in [7, 11) is 0. The number of para-hydroxylation sites is 1. The second kappa shape index (κ2) is 11.0. The number of aromatic nitrogens is 1. The van der Waals surface area contributed by atoms with Crippen LogP contribution in [-0.2, 0) is 19.2 Å². The fourth-order valence-corrected chi connectivity index (χ4v) is 7.37. The number of alkyl halides is 1. The van der Waals surface area contributed by atoms with Gasteiger partial charge in [-0.05, 0) is 67.4 Å². The molecule has 3 heterocycles. The summed E-state index contributed by atoms with van der Waals surface area (Å²) in [6.07, 6.45) is 3.26. The van der Waals surface area contributed by atoms with Crippen LogP contribution in [0.15, 0.2) is 30.3 Å². The van der Waals surface area contributed by atoms with Crippen LogP contribution in [-0.4, -0.2) is 76.4 Å². The fourth-order valence-electron chi connectivity index (χ4n) is 7.18. The number of nitrogens with one attached hydrogen (secondary N) is 4. The molecule has 2 saturated heterocycles. The van der Waals surface area contributed by atoms with E-state index in [-0.39, 0.29) is 64.9 Å². The Morgan fingerprint density at radius 3 is 2.57 bits per heavy atom. The van der Waals surface area contributed by atoms with Gasteiger partial charge < -0.3 is 25.8 Å². The normalized spacial score (nSPS) is 27.5. The Morgan fingerprint density at radius 1 is 1.12 bits per heavy atom. The molecule has 42 heavy (non-hydrogen) atoms. The number of aromatic amines is 1. The lowest BCUT2D eigenvalue weighted by Gasteiger charge is -2.34. The number of carbonyl (C=O) groups is 5. The van der Waals surface area contributed by atoms with E-state index in [1.54, 1.807) is 11.0 Å². The lowest BCUT2D eigenvalue weighted by Crippen LogP contribution is -2.58. The lowest BCUT2D eigenvalue weighted by atomic mass is 9.90. The van der Waals surface area contributed by atoms with Gasteiger partial charge in [0.1, 0.15) is 17.8 Å². The van der Waals surface area contributed by atoms with Gasteiger partial charge in [-0.15, -0.1) is 11.6 Å². The fraction of sp³-hybridized carbons (Fsp3) is 0.581. The molecule has 4 amide bonds. The number of likely N-dealkylation sites (tertiary alicyclic amines) is 1. The first-order valence-electron chi connectivity index (χ1n) is 15.0. The number of Topliss-reactive ketones (excluding diaryl/α,β-unsaturated/α-hetero) is 1. The molecule has 10 nitrogen and oxygen atoms in total. The Balaban J connectivity index is 1.20. The molecule has 6 rings (SSSR count). The van der Waals surface area contributed by atoms with Gasteiger partial charge in [-0.25, -0.2) is 0 Å². The van der Waals surface area contributed by atoms with Gasteiger partial charge in [0.25, 0.3) is 5.91 Å². The Labute approximate surface area is 249 Å². The maximum atomic E-state index is 14.1. The molecule has 11 heteroatoms. The number of amides is 4. The van der Waals surface area contributed by atoms with Crippen LogP contribution in [0.1, 0.15) is 56.4 Å². The van der Waals surface area contributed by atoms with Gasteiger partial charge in [-0.2, -0.15) is 0 Å². The van der Waals surface area contributed by atoms with Gasteiger partial charge in [-0.3, -0.25) is 24.0 Å². The molecule has 0 bridgehead atoms. The molecule has 224 valence electrons. The topological polar surface area (TPSA) is 140 Å². The van der Waals surface area contributed by atoms with E-state index >= 15 is 0 Å². The van der Waals surface area contributed by atoms with Crippen LogP contribution >= 0.6 is 11.6 Å². The van der Waals surface area contributed by atoms with Crippen molar-refractivity contribution in [1.82, 2.24) is 25.8 Å². The Morgan fingerprint density at radius 2 is 1.88 bits per heavy atom. The average molecular weight is 596 g/mol. The molecule has 0 radical (unpaired) electrons. The van der Waals surface area contributed by atoms with Crippen molar-refractivity contribution in [1.29, 1.82) is 0 Å². The van der Waals surface area contributed by atoms with E-state index < -0.39 is 24.0 Å². The van der Waals surface area contributed by atoms with E-state index in [4.69, 9.17) is 11.6 Å². The molecule has 2 aromatic rings. The predicted octanol–water partition coefficient (Wildman–Crippen LogP) is 2.37. The summed E-state index contributed by atoms with van der Waals surface area (Å²) in [5, 5.41) is 9.58. The van der Waals surface area contributed by atoms with Crippen molar-refractivity contribution >= 4 is 51.9 Å². The SMILES string of the molecule is CC1(C)[C@@H]2[C@@H](C(=O)N[C@@H](C[C@@H]3CCCNC3=O)C(=O)CCl)N(C(=O)[C@@H](NC(=O)c3cc4ccccc4[nH]3)C3CC3)C[C@@H]21. The van der Waals surface area contributed by atoms with Gasteiger partial charge >= 0.3 is 0 Å². The Hall–Kier alpha value is -3.40. The van der Waals surface area contributed by atoms with E-state index in [1.165, 1.54) is 0 Å². The number of hydrogen-bond acceptors (Lipinski definition) is 5. The van der Waals surface area contributed by atoms with Crippen LogP contribution in [0.25, 0.3) is 10.9 Å². The molecular formula is C31H38ClN5O5. The largest absolute Gasteiger partial charge is 0.356 e. The quantitative estimate of drug-likeness (QED) is 0.312. The van der Waals surface area contributed by atoms with E-state index in [1.807, 2.05) is 24.3 Å². The first kappa shape index (κ1) is 28.7. The monoisotopic (exact) mass is 595 g/mol. The highest BCUT2D eigenvalue weighted by Crippen LogP contribution is 2.65. The van der Waals surface area contributed by atoms with Crippen LogP contribution in [0.2, 0.25) is 0 Å². The van der Waals surface area contributed by atoms with Crippen LogP contribution in [0.3, 0.4) is 0 Å². The molecule has 2 aliphatic heterocycles. The molecule has 4 aliphatic rings. The molecule has 0 unspecified atom stereocenters. The van der Waals surface area contributed by atoms with Crippen molar-refractivity contribution in [3.05, 3.63) is 36.0 Å². The number of fused-ring (bicyclic) bond motifs is 2. The van der Waals surface area contributed by atoms with Gasteiger partial charge in [-0.1, -0.05) is 32.0 Å². The zero-order chi connectivity index (χ0) is 29.8. The number of ketones is 1. The van der Waals surface area contributed by atoms with Crippen LogP contribution in [0, 0.1) is 29.1 Å². The minimum absolute atomic E-state index is 0.00913. The number of piperidine rings is 2. The third-order valence-electron chi connectivity index (χ3n) is 9.94. The van der Waals surface area contributed by atoms with Crippen molar-refractivity contribution in [3.63, 3.8) is 0 Å². The summed E-state index contributed by atoms with van der Waals surface area (Å²) in [4.78, 5) is 71.2. The highest BCUT2D eigenvalue weighted by atomic mass is 35.5. The number of benzene rings is 1. The van der Waals surface area contributed by atoms with Gasteiger partial charge in [0.05, 0.1) is 11.9 Å². The van der Waals surface area contributed by atoms with E-state index in [0.717, 1.165) is 30.2 Å². The standard InChI is InChI=1S/C31H38ClN5O5/c1-31(2)19-15-37(26(24(19)31)29(41)35-21(23(38)14-32)13-18-7-5-11-33-27(18)39)30(42)25(16-9-10-16)36-28(40)22-12-17-6-3-4-8-20(17)34-22/h3-4,6,8,12,16,18-19,21,24-26,34H,5,7,9-11,13-15H2,1-2H3,(H,33,39)(H,35,41)(H,36,40)/t18-,19-,21-,24-,25-,26-/m0/s1. The number of H-pyrrole nitrogens is 1. The van der Waals surface area contributed by atoms with Crippen molar-refractivity contribution in [2.45, 2.75) is 64.1 Å². The van der Waals surface area contributed by atoms with Gasteiger partial charge in [0, 0.05) is 29.9 Å². The van der Waals surface area contributed by atoms with Crippen molar-refractivity contribution in [3.8, 4) is 0 Å². The summed E-state index contributed by atoms with van der Waals surface area (Å²) < 4.78 is 0. The van der Waals surface area contributed by atoms with Crippen LogP contribution in [0.5, 0.6) is 0 Å². The van der Waals surface area contributed by atoms with E-state index in [9.17, 15) is 24.0 Å². The maximum absolute atomic E-state index is 14.1. The zero-order valence-corrected chi connectivity index (χ0v) is 24.7. The van der Waals surface area contributed by atoms with Crippen molar-refractivity contribution in [2.24, 2.45) is 29.1 Å². The zero-order valence-electron chi connectivity index (χ0n) is 24.0. The first-order chi connectivity index (χ1) is 20.1. The summed E-state index contributed by atoms with van der Waals surface area (Å²) >= 11 is 5.90. The second-order valence-electron chi connectivity index (χ2n) is 13.0. The van der Waals surface area contributed by atoms with Gasteiger partial charge in [0.15, 0.2) is 5.78 Å². The second-order valence-corrected chi connectivity index (χ2v) is 13.2. The Bertz CT molecular complexity index is 1400. The van der Waals surface area contributed by atoms with Crippen LogP contribution in [0.4, 0.5) is 0 Å². The number of halogens is 1. The number of carbonyl (C=O) groups excluding carboxylic acids is 5. The summed E-state index contributed by atoms with van der Waals surface area (Å²) in [5.41, 5.74) is 1.09. The minimum Gasteiger partial charge on any atom is -0.356 e. The van der Waals surface area contributed by atoms with Crippen molar-refractivity contribution in [2.75, 3.05) is 19.0 Å². The van der Waals surface area contributed by atoms with Crippen LogP contribution < -0.4 is 16.0 Å². The molecule has 6 atom stereocenters. The third kappa shape index (κ3) is 5.29. The molecular weight excluding hydrogens is 558 g/mol. The molecule has 2 saturated carbocycles.